The average molecular weight is 306 g/mol. The predicted octanol–water partition coefficient (Wildman–Crippen LogP) is 3.70. The van der Waals surface area contributed by atoms with Gasteiger partial charge in [0.05, 0.1) is 24.9 Å². The second-order valence-corrected chi connectivity index (χ2v) is 5.02. The summed E-state index contributed by atoms with van der Waals surface area (Å²) in [7, 11) is 1.28. The number of pyridine rings is 1. The van der Waals surface area contributed by atoms with Crippen LogP contribution >= 0.6 is 11.6 Å². The van der Waals surface area contributed by atoms with Crippen molar-refractivity contribution in [3.05, 3.63) is 58.9 Å². The highest BCUT2D eigenvalue weighted by atomic mass is 35.5. The monoisotopic (exact) mass is 305 g/mol. The van der Waals surface area contributed by atoms with E-state index in [4.69, 9.17) is 16.3 Å². The second-order valence-electron chi connectivity index (χ2n) is 4.62. The van der Waals surface area contributed by atoms with Gasteiger partial charge in [-0.15, -0.1) is 0 Å². The summed E-state index contributed by atoms with van der Waals surface area (Å²) in [6.45, 7) is 2.58. The number of carbonyl (C=O) groups is 1. The molecule has 0 aliphatic heterocycles. The molecule has 1 unspecified atom stereocenters. The summed E-state index contributed by atoms with van der Waals surface area (Å²) in [5, 5.41) is 0.215. The summed E-state index contributed by atoms with van der Waals surface area (Å²) >= 11 is 5.99. The highest BCUT2D eigenvalue weighted by Gasteiger charge is 2.14. The van der Waals surface area contributed by atoms with Crippen molar-refractivity contribution in [1.82, 2.24) is 4.98 Å². The van der Waals surface area contributed by atoms with Crippen LogP contribution in [0.2, 0.25) is 5.02 Å². The molecule has 0 aliphatic rings. The molecular weight excluding hydrogens is 290 g/mol. The van der Waals surface area contributed by atoms with Crippen LogP contribution in [0.5, 0.6) is 5.75 Å². The van der Waals surface area contributed by atoms with Gasteiger partial charge in [0.15, 0.2) is 5.69 Å². The van der Waals surface area contributed by atoms with Crippen LogP contribution in [0.3, 0.4) is 0 Å². The minimum absolute atomic E-state index is 0.0858. The van der Waals surface area contributed by atoms with Crippen molar-refractivity contribution in [3.63, 3.8) is 0 Å². The molecule has 2 aromatic rings. The molecule has 0 spiro atoms. The number of hydrogen-bond acceptors (Lipinski definition) is 4. The summed E-state index contributed by atoms with van der Waals surface area (Å²) in [5.41, 5.74) is 1.28. The Morgan fingerprint density at radius 3 is 2.67 bits per heavy atom. The van der Waals surface area contributed by atoms with Gasteiger partial charge in [-0.1, -0.05) is 48.9 Å². The molecule has 1 atom stereocenters. The summed E-state index contributed by atoms with van der Waals surface area (Å²) in [5.74, 6) is 0.199. The molecule has 1 heterocycles. The maximum atomic E-state index is 11.4. The van der Waals surface area contributed by atoms with Gasteiger partial charge in [-0.2, -0.15) is 0 Å². The van der Waals surface area contributed by atoms with Crippen molar-refractivity contribution in [2.24, 2.45) is 0 Å². The summed E-state index contributed by atoms with van der Waals surface area (Å²) in [6, 6.07) is 11.6. The Bertz CT molecular complexity index is 616. The van der Waals surface area contributed by atoms with Gasteiger partial charge in [0, 0.05) is 12.0 Å². The number of hydrogen-bond donors (Lipinski definition) is 0. The van der Waals surface area contributed by atoms with Crippen LogP contribution in [0.4, 0.5) is 0 Å². The molecule has 2 rings (SSSR count). The molecule has 0 bridgehead atoms. The van der Waals surface area contributed by atoms with Crippen molar-refractivity contribution in [2.45, 2.75) is 12.8 Å². The maximum absolute atomic E-state index is 11.4. The first-order valence-corrected chi connectivity index (χ1v) is 6.91. The number of ether oxygens (including phenoxy) is 2. The molecule has 0 amide bonds. The molecule has 0 N–H and O–H groups in total. The number of esters is 1. The molecule has 0 radical (unpaired) electrons. The zero-order chi connectivity index (χ0) is 15.2. The largest absolute Gasteiger partial charge is 0.491 e. The van der Waals surface area contributed by atoms with E-state index in [9.17, 15) is 4.79 Å². The first kappa shape index (κ1) is 15.3. The Labute approximate surface area is 128 Å². The predicted molar refractivity (Wildman–Crippen MR) is 80.9 cm³/mol. The molecule has 4 nitrogen and oxygen atoms in total. The number of nitrogens with zero attached hydrogens (tertiary/aromatic N) is 1. The van der Waals surface area contributed by atoms with E-state index >= 15 is 0 Å². The van der Waals surface area contributed by atoms with Crippen molar-refractivity contribution in [2.75, 3.05) is 13.7 Å². The molecule has 5 heteroatoms. The third-order valence-corrected chi connectivity index (χ3v) is 3.35. The Morgan fingerprint density at radius 2 is 2.05 bits per heavy atom. The van der Waals surface area contributed by atoms with Crippen LogP contribution in [0, 0.1) is 0 Å². The van der Waals surface area contributed by atoms with Crippen LogP contribution in [-0.4, -0.2) is 24.7 Å². The lowest BCUT2D eigenvalue weighted by Gasteiger charge is -2.13. The standard InChI is InChI=1S/C16H16ClNO3/c1-11(12-6-4-3-5-7-12)10-21-13-8-14(17)15(18-9-13)16(19)20-2/h3-9,11H,10H2,1-2H3. The molecule has 110 valence electrons. The van der Waals surface area contributed by atoms with Crippen LogP contribution in [-0.2, 0) is 4.74 Å². The van der Waals surface area contributed by atoms with Crippen LogP contribution in [0.25, 0.3) is 0 Å². The highest BCUT2D eigenvalue weighted by Crippen LogP contribution is 2.22. The topological polar surface area (TPSA) is 48.4 Å². The van der Waals surface area contributed by atoms with E-state index in [1.165, 1.54) is 18.9 Å². The van der Waals surface area contributed by atoms with E-state index < -0.39 is 5.97 Å². The molecule has 0 aliphatic carbocycles. The second kappa shape index (κ2) is 7.09. The molecule has 1 aromatic carbocycles. The van der Waals surface area contributed by atoms with Gasteiger partial charge in [0.1, 0.15) is 5.75 Å². The highest BCUT2D eigenvalue weighted by molar-refractivity contribution is 6.33. The Hall–Kier alpha value is -2.07. The van der Waals surface area contributed by atoms with E-state index in [0.29, 0.717) is 12.4 Å². The normalized spacial score (nSPS) is 11.8. The van der Waals surface area contributed by atoms with Crippen LogP contribution < -0.4 is 4.74 Å². The van der Waals surface area contributed by atoms with Crippen molar-refractivity contribution < 1.29 is 14.3 Å². The number of rotatable bonds is 5. The summed E-state index contributed by atoms with van der Waals surface area (Å²) in [6.07, 6.45) is 1.47. The maximum Gasteiger partial charge on any atom is 0.358 e. The molecular formula is C16H16ClNO3. The number of carbonyl (C=O) groups excluding carboxylic acids is 1. The lowest BCUT2D eigenvalue weighted by atomic mass is 10.0. The fourth-order valence-corrected chi connectivity index (χ4v) is 2.08. The first-order valence-electron chi connectivity index (χ1n) is 6.53. The molecule has 21 heavy (non-hydrogen) atoms. The quantitative estimate of drug-likeness (QED) is 0.790. The lowest BCUT2D eigenvalue weighted by Crippen LogP contribution is -2.09. The van der Waals surface area contributed by atoms with Gasteiger partial charge in [-0.05, 0) is 5.56 Å². The zero-order valence-corrected chi connectivity index (χ0v) is 12.6. The minimum Gasteiger partial charge on any atom is -0.491 e. The fraction of sp³-hybridized carbons (Fsp3) is 0.250. The Balaban J connectivity index is 2.01. The molecule has 1 aromatic heterocycles. The van der Waals surface area contributed by atoms with E-state index in [-0.39, 0.29) is 16.6 Å². The van der Waals surface area contributed by atoms with Gasteiger partial charge in [0.25, 0.3) is 0 Å². The number of aromatic nitrogens is 1. The third kappa shape index (κ3) is 3.95. The molecule has 0 saturated heterocycles. The van der Waals surface area contributed by atoms with Crippen molar-refractivity contribution in [1.29, 1.82) is 0 Å². The zero-order valence-electron chi connectivity index (χ0n) is 11.9. The van der Waals surface area contributed by atoms with Crippen LogP contribution in [0.1, 0.15) is 28.9 Å². The van der Waals surface area contributed by atoms with E-state index in [1.807, 2.05) is 18.2 Å². The molecule has 0 fully saturated rings. The smallest absolute Gasteiger partial charge is 0.358 e. The number of benzene rings is 1. The summed E-state index contributed by atoms with van der Waals surface area (Å²) < 4.78 is 10.3. The Morgan fingerprint density at radius 1 is 1.33 bits per heavy atom. The van der Waals surface area contributed by atoms with E-state index in [1.54, 1.807) is 6.07 Å². The van der Waals surface area contributed by atoms with Gasteiger partial charge in [0.2, 0.25) is 0 Å². The summed E-state index contributed by atoms with van der Waals surface area (Å²) in [4.78, 5) is 15.4. The van der Waals surface area contributed by atoms with Gasteiger partial charge < -0.3 is 9.47 Å². The van der Waals surface area contributed by atoms with E-state index in [2.05, 4.69) is 28.8 Å². The SMILES string of the molecule is COC(=O)c1ncc(OCC(C)c2ccccc2)cc1Cl. The number of halogens is 1. The van der Waals surface area contributed by atoms with Gasteiger partial charge in [-0.3, -0.25) is 0 Å². The minimum atomic E-state index is -0.566. The van der Waals surface area contributed by atoms with Gasteiger partial charge >= 0.3 is 5.97 Å². The molecule has 0 saturated carbocycles. The van der Waals surface area contributed by atoms with E-state index in [0.717, 1.165) is 0 Å². The lowest BCUT2D eigenvalue weighted by molar-refractivity contribution is 0.0594. The average Bonchev–Trinajstić information content (AvgIpc) is 2.52. The number of methoxy groups -OCH3 is 1. The fourth-order valence-electron chi connectivity index (χ4n) is 1.85. The van der Waals surface area contributed by atoms with Crippen molar-refractivity contribution in [3.8, 4) is 5.75 Å². The Kier molecular flexibility index (Phi) is 5.17. The van der Waals surface area contributed by atoms with Gasteiger partial charge in [-0.25, -0.2) is 9.78 Å². The van der Waals surface area contributed by atoms with Crippen molar-refractivity contribution >= 4 is 17.6 Å². The van der Waals surface area contributed by atoms with Crippen LogP contribution in [0.15, 0.2) is 42.6 Å². The first-order chi connectivity index (χ1) is 10.1. The third-order valence-electron chi connectivity index (χ3n) is 3.06.